The summed E-state index contributed by atoms with van der Waals surface area (Å²) in [5.41, 5.74) is 7.50. The highest BCUT2D eigenvalue weighted by Crippen LogP contribution is 2.33. The van der Waals surface area contributed by atoms with Gasteiger partial charge in [0.15, 0.2) is 17.3 Å². The molecule has 0 saturated carbocycles. The SMILES string of the molecule is C[C@@H]1C[C@H](N)CN(c2ccncc2CC(=O)c2csc(-c3c(F)ccc(O)c3F)n2)C1. The van der Waals surface area contributed by atoms with Crippen molar-refractivity contribution in [2.24, 2.45) is 11.7 Å². The minimum Gasteiger partial charge on any atom is -0.505 e. The zero-order valence-electron chi connectivity index (χ0n) is 16.9. The molecule has 0 bridgehead atoms. The highest BCUT2D eigenvalue weighted by Gasteiger charge is 2.25. The van der Waals surface area contributed by atoms with E-state index in [0.29, 0.717) is 12.5 Å². The summed E-state index contributed by atoms with van der Waals surface area (Å²) in [6.07, 6.45) is 4.35. The maximum absolute atomic E-state index is 14.2. The minimum atomic E-state index is -1.10. The predicted molar refractivity (Wildman–Crippen MR) is 115 cm³/mol. The molecule has 3 heterocycles. The van der Waals surface area contributed by atoms with E-state index in [-0.39, 0.29) is 28.9 Å². The number of carbonyl (C=O) groups is 1. The molecule has 3 aromatic rings. The first-order valence-electron chi connectivity index (χ1n) is 9.93. The number of rotatable bonds is 5. The van der Waals surface area contributed by atoms with E-state index < -0.39 is 22.9 Å². The fourth-order valence-corrected chi connectivity index (χ4v) is 4.84. The maximum Gasteiger partial charge on any atom is 0.186 e. The minimum absolute atomic E-state index is 0.00325. The van der Waals surface area contributed by atoms with E-state index in [9.17, 15) is 18.7 Å². The van der Waals surface area contributed by atoms with Gasteiger partial charge >= 0.3 is 0 Å². The van der Waals surface area contributed by atoms with E-state index in [1.165, 1.54) is 5.38 Å². The number of nitrogens with zero attached hydrogens (tertiary/aromatic N) is 3. The van der Waals surface area contributed by atoms with Crippen LogP contribution in [-0.4, -0.2) is 40.0 Å². The average Bonchev–Trinajstić information content (AvgIpc) is 3.21. The summed E-state index contributed by atoms with van der Waals surface area (Å²) in [4.78, 5) is 23.4. The number of hydrogen-bond acceptors (Lipinski definition) is 7. The smallest absolute Gasteiger partial charge is 0.186 e. The number of piperidine rings is 1. The van der Waals surface area contributed by atoms with Crippen LogP contribution in [-0.2, 0) is 6.42 Å². The summed E-state index contributed by atoms with van der Waals surface area (Å²) < 4.78 is 28.3. The molecular weight excluding hydrogens is 422 g/mol. The Bertz CT molecular complexity index is 1110. The van der Waals surface area contributed by atoms with Gasteiger partial charge in [-0.15, -0.1) is 11.3 Å². The van der Waals surface area contributed by atoms with Gasteiger partial charge in [0, 0.05) is 54.6 Å². The van der Waals surface area contributed by atoms with Crippen LogP contribution in [0.25, 0.3) is 10.6 Å². The lowest BCUT2D eigenvalue weighted by Gasteiger charge is -2.37. The Morgan fingerprint density at radius 1 is 1.32 bits per heavy atom. The molecule has 3 N–H and O–H groups in total. The number of halogens is 2. The van der Waals surface area contributed by atoms with Gasteiger partial charge in [-0.2, -0.15) is 0 Å². The summed E-state index contributed by atoms with van der Waals surface area (Å²) in [5, 5.41) is 11.0. The van der Waals surface area contributed by atoms with Gasteiger partial charge in [0.05, 0.1) is 5.56 Å². The molecule has 0 spiro atoms. The molecule has 0 amide bonds. The Labute approximate surface area is 182 Å². The van der Waals surface area contributed by atoms with Crippen molar-refractivity contribution in [1.82, 2.24) is 9.97 Å². The van der Waals surface area contributed by atoms with E-state index in [2.05, 4.69) is 21.8 Å². The van der Waals surface area contributed by atoms with Crippen molar-refractivity contribution in [1.29, 1.82) is 0 Å². The van der Waals surface area contributed by atoms with E-state index in [1.807, 2.05) is 6.07 Å². The van der Waals surface area contributed by atoms with Gasteiger partial charge in [-0.25, -0.2) is 13.8 Å². The lowest BCUT2D eigenvalue weighted by atomic mass is 9.95. The van der Waals surface area contributed by atoms with Crippen molar-refractivity contribution in [3.05, 3.63) is 58.9 Å². The third-order valence-corrected chi connectivity index (χ3v) is 6.20. The fraction of sp³-hybridized carbons (Fsp3) is 0.318. The summed E-state index contributed by atoms with van der Waals surface area (Å²) in [5.74, 6) is -2.47. The summed E-state index contributed by atoms with van der Waals surface area (Å²) in [7, 11) is 0. The molecule has 162 valence electrons. The Hall–Kier alpha value is -2.91. The summed E-state index contributed by atoms with van der Waals surface area (Å²) in [6.45, 7) is 3.69. The molecule has 4 rings (SSSR count). The Morgan fingerprint density at radius 3 is 2.90 bits per heavy atom. The second-order valence-corrected chi connectivity index (χ2v) is 8.76. The molecule has 9 heteroatoms. The lowest BCUT2D eigenvalue weighted by molar-refractivity contribution is 0.0989. The standard InChI is InChI=1S/C22H22F2N4O2S/c1-12-6-14(25)10-28(9-12)17-4-5-26-8-13(17)7-19(30)16-11-31-22(27-16)20-15(23)2-3-18(29)21(20)24/h2-5,8,11-12,14,29H,6-7,9-10,25H2,1H3/t12-,14+/m1/s1. The Kier molecular flexibility index (Phi) is 5.97. The van der Waals surface area contributed by atoms with Crippen LogP contribution in [0.4, 0.5) is 14.5 Å². The van der Waals surface area contributed by atoms with Gasteiger partial charge in [-0.05, 0) is 30.5 Å². The number of ketones is 1. The number of phenolic OH excluding ortho intramolecular Hbond substituents is 1. The molecule has 0 radical (unpaired) electrons. The summed E-state index contributed by atoms with van der Waals surface area (Å²) in [6, 6.07) is 3.83. The number of aromatic hydroxyl groups is 1. The largest absolute Gasteiger partial charge is 0.505 e. The Balaban J connectivity index is 1.58. The lowest BCUT2D eigenvalue weighted by Crippen LogP contribution is -2.46. The second-order valence-electron chi connectivity index (χ2n) is 7.90. The van der Waals surface area contributed by atoms with Gasteiger partial charge < -0.3 is 15.7 Å². The number of benzene rings is 1. The van der Waals surface area contributed by atoms with Crippen molar-refractivity contribution < 1.29 is 18.7 Å². The van der Waals surface area contributed by atoms with E-state index in [4.69, 9.17) is 5.73 Å². The topological polar surface area (TPSA) is 92.3 Å². The van der Waals surface area contributed by atoms with Crippen LogP contribution >= 0.6 is 11.3 Å². The molecule has 1 aliphatic heterocycles. The molecule has 1 aromatic carbocycles. The van der Waals surface area contributed by atoms with Crippen LogP contribution in [0.1, 0.15) is 29.4 Å². The van der Waals surface area contributed by atoms with Crippen LogP contribution in [0, 0.1) is 17.6 Å². The average molecular weight is 445 g/mol. The number of anilines is 1. The highest BCUT2D eigenvalue weighted by atomic mass is 32.1. The van der Waals surface area contributed by atoms with Gasteiger partial charge in [0.25, 0.3) is 0 Å². The fourth-order valence-electron chi connectivity index (χ4n) is 3.98. The third kappa shape index (κ3) is 4.42. The Morgan fingerprint density at radius 2 is 2.13 bits per heavy atom. The van der Waals surface area contributed by atoms with Gasteiger partial charge in [-0.3, -0.25) is 9.78 Å². The molecule has 2 aromatic heterocycles. The number of thiazole rings is 1. The van der Waals surface area contributed by atoms with Gasteiger partial charge in [0.1, 0.15) is 16.5 Å². The maximum atomic E-state index is 14.2. The predicted octanol–water partition coefficient (Wildman–Crippen LogP) is 3.79. The van der Waals surface area contributed by atoms with Crippen LogP contribution in [0.15, 0.2) is 36.0 Å². The van der Waals surface area contributed by atoms with Crippen molar-refractivity contribution >= 4 is 22.8 Å². The molecule has 0 unspecified atom stereocenters. The number of phenols is 1. The molecule has 6 nitrogen and oxygen atoms in total. The van der Waals surface area contributed by atoms with E-state index >= 15 is 0 Å². The zero-order valence-corrected chi connectivity index (χ0v) is 17.7. The molecule has 0 aliphatic carbocycles. The zero-order chi connectivity index (χ0) is 22.1. The molecule has 1 aliphatic rings. The molecule has 1 saturated heterocycles. The highest BCUT2D eigenvalue weighted by molar-refractivity contribution is 7.13. The number of nitrogens with two attached hydrogens (primary N) is 1. The normalized spacial score (nSPS) is 18.9. The first-order chi connectivity index (χ1) is 14.8. The number of aromatic nitrogens is 2. The second kappa shape index (κ2) is 8.68. The van der Waals surface area contributed by atoms with E-state index in [1.54, 1.807) is 12.4 Å². The van der Waals surface area contributed by atoms with Crippen LogP contribution in [0.3, 0.4) is 0 Å². The van der Waals surface area contributed by atoms with Crippen LogP contribution in [0.5, 0.6) is 5.75 Å². The van der Waals surface area contributed by atoms with Crippen molar-refractivity contribution in [2.75, 3.05) is 18.0 Å². The summed E-state index contributed by atoms with van der Waals surface area (Å²) >= 11 is 0.946. The first-order valence-corrected chi connectivity index (χ1v) is 10.8. The molecule has 31 heavy (non-hydrogen) atoms. The number of pyridine rings is 1. The van der Waals surface area contributed by atoms with Crippen molar-refractivity contribution in [2.45, 2.75) is 25.8 Å². The quantitative estimate of drug-likeness (QED) is 0.582. The molecule has 2 atom stereocenters. The van der Waals surface area contributed by atoms with Crippen LogP contribution < -0.4 is 10.6 Å². The first kappa shape index (κ1) is 21.3. The molecule has 1 fully saturated rings. The third-order valence-electron chi connectivity index (χ3n) is 5.34. The number of hydrogen-bond donors (Lipinski definition) is 2. The van der Waals surface area contributed by atoms with Gasteiger partial charge in [-0.1, -0.05) is 6.92 Å². The molecular formula is C22H22F2N4O2S. The van der Waals surface area contributed by atoms with Gasteiger partial charge in [0.2, 0.25) is 0 Å². The van der Waals surface area contributed by atoms with Crippen molar-refractivity contribution in [3.8, 4) is 16.3 Å². The number of Topliss-reactive ketones (excluding diaryl/α,β-unsaturated/α-hetero) is 1. The van der Waals surface area contributed by atoms with E-state index in [0.717, 1.165) is 47.7 Å². The van der Waals surface area contributed by atoms with Crippen molar-refractivity contribution in [3.63, 3.8) is 0 Å². The van der Waals surface area contributed by atoms with Crippen LogP contribution in [0.2, 0.25) is 0 Å². The monoisotopic (exact) mass is 444 g/mol. The number of carbonyl (C=O) groups excluding carboxylic acids is 1.